The molecule has 2 rings (SSSR count). The lowest BCUT2D eigenvalue weighted by atomic mass is 9.86. The molecule has 0 amide bonds. The van der Waals surface area contributed by atoms with Gasteiger partial charge in [-0.3, -0.25) is 0 Å². The van der Waals surface area contributed by atoms with E-state index in [0.717, 1.165) is 37.1 Å². The Bertz CT molecular complexity index is 572. The highest BCUT2D eigenvalue weighted by atomic mass is 32.2. The highest BCUT2D eigenvalue weighted by molar-refractivity contribution is 7.90. The normalized spacial score (nSPS) is 18.7. The van der Waals surface area contributed by atoms with E-state index in [0.29, 0.717) is 24.5 Å². The topological polar surface area (TPSA) is 67.3 Å². The molecule has 1 N–H and O–H groups in total. The van der Waals surface area contributed by atoms with Crippen molar-refractivity contribution in [3.05, 3.63) is 16.1 Å². The first-order chi connectivity index (χ1) is 10.3. The van der Waals surface area contributed by atoms with Gasteiger partial charge in [0, 0.05) is 5.38 Å². The van der Waals surface area contributed by atoms with E-state index in [9.17, 15) is 13.5 Å². The molecule has 1 aliphatic carbocycles. The monoisotopic (exact) mass is 345 g/mol. The molecular weight excluding hydrogens is 318 g/mol. The fraction of sp³-hybridized carbons (Fsp3) is 0.812. The molecule has 0 aliphatic heterocycles. The van der Waals surface area contributed by atoms with Crippen LogP contribution < -0.4 is 0 Å². The lowest BCUT2D eigenvalue weighted by Crippen LogP contribution is -2.39. The zero-order chi connectivity index (χ0) is 16.2. The van der Waals surface area contributed by atoms with Crippen LogP contribution in [0.4, 0.5) is 0 Å². The zero-order valence-corrected chi connectivity index (χ0v) is 15.2. The molecule has 0 radical (unpaired) electrons. The quantitative estimate of drug-likeness (QED) is 0.823. The van der Waals surface area contributed by atoms with Crippen molar-refractivity contribution < 1.29 is 13.5 Å². The van der Waals surface area contributed by atoms with Crippen molar-refractivity contribution in [1.29, 1.82) is 0 Å². The highest BCUT2D eigenvalue weighted by Crippen LogP contribution is 2.30. The van der Waals surface area contributed by atoms with Gasteiger partial charge in [0.15, 0.2) is 9.84 Å². The summed E-state index contributed by atoms with van der Waals surface area (Å²) in [5.41, 5.74) is -0.392. The van der Waals surface area contributed by atoms with Crippen LogP contribution in [-0.2, 0) is 22.0 Å². The largest absolute Gasteiger partial charge is 0.389 e. The fourth-order valence-corrected chi connectivity index (χ4v) is 5.71. The van der Waals surface area contributed by atoms with Crippen molar-refractivity contribution in [3.63, 3.8) is 0 Å². The lowest BCUT2D eigenvalue weighted by Gasteiger charge is -2.31. The third-order valence-corrected chi connectivity index (χ3v) is 6.85. The fourth-order valence-electron chi connectivity index (χ4n) is 2.98. The second kappa shape index (κ2) is 7.41. The predicted octanol–water partition coefficient (Wildman–Crippen LogP) is 3.34. The van der Waals surface area contributed by atoms with Crippen LogP contribution in [0.15, 0.2) is 5.38 Å². The second-order valence-electron chi connectivity index (χ2n) is 6.98. The van der Waals surface area contributed by atoms with Crippen molar-refractivity contribution in [2.24, 2.45) is 5.92 Å². The Hall–Kier alpha value is -0.460. The minimum atomic E-state index is -3.32. The van der Waals surface area contributed by atoms with E-state index in [2.05, 4.69) is 18.8 Å². The minimum Gasteiger partial charge on any atom is -0.389 e. The molecule has 0 atom stereocenters. The van der Waals surface area contributed by atoms with Crippen LogP contribution in [0.1, 0.15) is 63.1 Å². The average molecular weight is 346 g/mol. The van der Waals surface area contributed by atoms with E-state index in [1.165, 1.54) is 11.3 Å². The number of aromatic nitrogens is 1. The molecule has 1 saturated carbocycles. The number of rotatable bonds is 7. The van der Waals surface area contributed by atoms with Gasteiger partial charge in [-0.2, -0.15) is 0 Å². The van der Waals surface area contributed by atoms with Gasteiger partial charge in [0.2, 0.25) is 0 Å². The van der Waals surface area contributed by atoms with Crippen molar-refractivity contribution in [1.82, 2.24) is 4.98 Å². The SMILES string of the molecule is CC(C)CCc1nc(CS(=O)(=O)CC2(O)CCCCC2)cs1. The predicted molar refractivity (Wildman–Crippen MR) is 90.8 cm³/mol. The van der Waals surface area contributed by atoms with Crippen molar-refractivity contribution >= 4 is 21.2 Å². The maximum Gasteiger partial charge on any atom is 0.158 e. The smallest absolute Gasteiger partial charge is 0.158 e. The number of sulfone groups is 1. The molecule has 1 aliphatic rings. The number of thiazole rings is 1. The number of aliphatic hydroxyl groups is 1. The summed E-state index contributed by atoms with van der Waals surface area (Å²) in [7, 11) is -3.32. The average Bonchev–Trinajstić information content (AvgIpc) is 2.82. The molecule has 0 spiro atoms. The Labute approximate surface area is 137 Å². The molecule has 1 aromatic rings. The van der Waals surface area contributed by atoms with Crippen molar-refractivity contribution in [3.8, 4) is 0 Å². The van der Waals surface area contributed by atoms with Crippen LogP contribution in [0.3, 0.4) is 0 Å². The number of hydrogen-bond donors (Lipinski definition) is 1. The second-order valence-corrected chi connectivity index (χ2v) is 9.99. The van der Waals surface area contributed by atoms with Gasteiger partial charge in [-0.05, 0) is 31.6 Å². The van der Waals surface area contributed by atoms with Gasteiger partial charge in [0.1, 0.15) is 0 Å². The van der Waals surface area contributed by atoms with Gasteiger partial charge < -0.3 is 5.11 Å². The van der Waals surface area contributed by atoms with Gasteiger partial charge in [-0.1, -0.05) is 33.1 Å². The third-order valence-electron chi connectivity index (χ3n) is 4.18. The van der Waals surface area contributed by atoms with Gasteiger partial charge >= 0.3 is 0 Å². The summed E-state index contributed by atoms with van der Waals surface area (Å²) < 4.78 is 24.7. The third kappa shape index (κ3) is 5.63. The minimum absolute atomic E-state index is 0.0481. The van der Waals surface area contributed by atoms with Crippen molar-refractivity contribution in [2.45, 2.75) is 70.1 Å². The first-order valence-corrected chi connectivity index (χ1v) is 10.8. The summed E-state index contributed by atoms with van der Waals surface area (Å²) in [4.78, 5) is 4.44. The van der Waals surface area contributed by atoms with Crippen LogP contribution >= 0.6 is 11.3 Å². The van der Waals surface area contributed by atoms with E-state index < -0.39 is 15.4 Å². The molecule has 0 bridgehead atoms. The maximum atomic E-state index is 12.4. The molecule has 4 nitrogen and oxygen atoms in total. The van der Waals surface area contributed by atoms with Gasteiger partial charge in [0.05, 0.1) is 27.8 Å². The summed E-state index contributed by atoms with van der Waals surface area (Å²) in [5, 5.41) is 13.3. The van der Waals surface area contributed by atoms with Crippen LogP contribution in [0, 0.1) is 5.92 Å². The van der Waals surface area contributed by atoms with Gasteiger partial charge in [-0.15, -0.1) is 11.3 Å². The van der Waals surface area contributed by atoms with Crippen LogP contribution in [-0.4, -0.2) is 29.9 Å². The van der Waals surface area contributed by atoms with E-state index in [1.807, 2.05) is 5.38 Å². The van der Waals surface area contributed by atoms with Gasteiger partial charge in [0.25, 0.3) is 0 Å². The molecular formula is C16H27NO3S2. The van der Waals surface area contributed by atoms with Crippen LogP contribution in [0.2, 0.25) is 0 Å². The Balaban J connectivity index is 1.93. The van der Waals surface area contributed by atoms with Crippen LogP contribution in [0.5, 0.6) is 0 Å². The molecule has 0 aromatic carbocycles. The Morgan fingerprint density at radius 1 is 1.32 bits per heavy atom. The zero-order valence-electron chi connectivity index (χ0n) is 13.5. The Kier molecular flexibility index (Phi) is 6.02. The summed E-state index contributed by atoms with van der Waals surface area (Å²) in [6.07, 6.45) is 6.11. The van der Waals surface area contributed by atoms with Gasteiger partial charge in [-0.25, -0.2) is 13.4 Å². The standard InChI is InChI=1S/C16H27NO3S2/c1-13(2)6-7-15-17-14(10-21-15)11-22(19,20)12-16(18)8-4-3-5-9-16/h10,13,18H,3-9,11-12H2,1-2H3. The van der Waals surface area contributed by atoms with Crippen LogP contribution in [0.25, 0.3) is 0 Å². The maximum absolute atomic E-state index is 12.4. The summed E-state index contributed by atoms with van der Waals surface area (Å²) in [6.45, 7) is 4.34. The molecule has 6 heteroatoms. The summed E-state index contributed by atoms with van der Waals surface area (Å²) in [6, 6.07) is 0. The van der Waals surface area contributed by atoms with Crippen molar-refractivity contribution in [2.75, 3.05) is 5.75 Å². The Morgan fingerprint density at radius 3 is 2.64 bits per heavy atom. The first-order valence-electron chi connectivity index (χ1n) is 8.14. The summed E-state index contributed by atoms with van der Waals surface area (Å²) in [5.74, 6) is 0.448. The molecule has 1 aromatic heterocycles. The Morgan fingerprint density at radius 2 is 2.00 bits per heavy atom. The lowest BCUT2D eigenvalue weighted by molar-refractivity contribution is 0.0257. The molecule has 0 saturated heterocycles. The molecule has 1 fully saturated rings. The highest BCUT2D eigenvalue weighted by Gasteiger charge is 2.34. The molecule has 126 valence electrons. The summed E-state index contributed by atoms with van der Waals surface area (Å²) >= 11 is 1.54. The number of nitrogens with zero attached hydrogens (tertiary/aromatic N) is 1. The molecule has 1 heterocycles. The molecule has 0 unspecified atom stereocenters. The number of hydrogen-bond acceptors (Lipinski definition) is 5. The molecule has 22 heavy (non-hydrogen) atoms. The van der Waals surface area contributed by atoms with E-state index in [4.69, 9.17) is 0 Å². The first kappa shape index (κ1) is 17.9. The number of aryl methyl sites for hydroxylation is 1. The van der Waals surface area contributed by atoms with E-state index >= 15 is 0 Å². The van der Waals surface area contributed by atoms with E-state index in [1.54, 1.807) is 0 Å². The van der Waals surface area contributed by atoms with E-state index in [-0.39, 0.29) is 11.5 Å².